The first-order valence-electron chi connectivity index (χ1n) is 7.82. The van der Waals surface area contributed by atoms with Crippen LogP contribution in [0, 0.1) is 19.3 Å². The number of nitrogens with one attached hydrogen (secondary N) is 3. The van der Waals surface area contributed by atoms with Gasteiger partial charge in [0, 0.05) is 34.9 Å². The van der Waals surface area contributed by atoms with Gasteiger partial charge in [-0.25, -0.2) is 4.98 Å². The number of hydrogen-bond donors (Lipinski definition) is 3. The van der Waals surface area contributed by atoms with Gasteiger partial charge >= 0.3 is 0 Å². The SMILES string of the molecule is Cc1cc(Oc2ccncc2)nc(NC(=N)Nc2ccc(Cl)c(C)c2)n1. The molecule has 8 heteroatoms. The third kappa shape index (κ3) is 4.67. The minimum Gasteiger partial charge on any atom is -0.439 e. The predicted octanol–water partition coefficient (Wildman–Crippen LogP) is 4.39. The van der Waals surface area contributed by atoms with Crippen molar-refractivity contribution in [3.05, 3.63) is 65.1 Å². The molecule has 3 aromatic rings. The van der Waals surface area contributed by atoms with Gasteiger partial charge in [0.15, 0.2) is 5.96 Å². The van der Waals surface area contributed by atoms with Crippen molar-refractivity contribution in [1.82, 2.24) is 15.0 Å². The van der Waals surface area contributed by atoms with Crippen molar-refractivity contribution in [2.45, 2.75) is 13.8 Å². The van der Waals surface area contributed by atoms with Crippen molar-refractivity contribution in [2.75, 3.05) is 10.6 Å². The molecule has 0 unspecified atom stereocenters. The van der Waals surface area contributed by atoms with Gasteiger partial charge < -0.3 is 10.1 Å². The fourth-order valence-corrected chi connectivity index (χ4v) is 2.30. The summed E-state index contributed by atoms with van der Waals surface area (Å²) in [5, 5.41) is 14.5. The van der Waals surface area contributed by atoms with Gasteiger partial charge in [-0.1, -0.05) is 11.6 Å². The fourth-order valence-electron chi connectivity index (χ4n) is 2.18. The first-order chi connectivity index (χ1) is 12.5. The molecule has 0 amide bonds. The summed E-state index contributed by atoms with van der Waals surface area (Å²) in [4.78, 5) is 12.5. The van der Waals surface area contributed by atoms with Crippen LogP contribution in [0.25, 0.3) is 0 Å². The molecule has 0 atom stereocenters. The second-order valence-corrected chi connectivity index (χ2v) is 5.95. The summed E-state index contributed by atoms with van der Waals surface area (Å²) in [6.07, 6.45) is 3.27. The third-order valence-electron chi connectivity index (χ3n) is 3.37. The van der Waals surface area contributed by atoms with E-state index in [-0.39, 0.29) is 11.9 Å². The third-order valence-corrected chi connectivity index (χ3v) is 3.79. The Labute approximate surface area is 156 Å². The van der Waals surface area contributed by atoms with Crippen LogP contribution in [0.1, 0.15) is 11.3 Å². The molecule has 0 radical (unpaired) electrons. The average molecular weight is 369 g/mol. The van der Waals surface area contributed by atoms with Crippen LogP contribution in [-0.2, 0) is 0 Å². The molecule has 0 spiro atoms. The van der Waals surface area contributed by atoms with Gasteiger partial charge in [-0.2, -0.15) is 4.98 Å². The maximum absolute atomic E-state index is 8.07. The maximum Gasteiger partial charge on any atom is 0.233 e. The van der Waals surface area contributed by atoms with E-state index in [4.69, 9.17) is 21.7 Å². The number of anilines is 2. The summed E-state index contributed by atoms with van der Waals surface area (Å²) >= 11 is 6.01. The second kappa shape index (κ2) is 7.79. The summed E-state index contributed by atoms with van der Waals surface area (Å²) in [5.74, 6) is 1.29. The zero-order chi connectivity index (χ0) is 18.5. The summed E-state index contributed by atoms with van der Waals surface area (Å²) < 4.78 is 5.69. The van der Waals surface area contributed by atoms with Crippen LogP contribution < -0.4 is 15.4 Å². The molecular formula is C18H17ClN6O. The number of benzene rings is 1. The highest BCUT2D eigenvalue weighted by atomic mass is 35.5. The van der Waals surface area contributed by atoms with Gasteiger partial charge in [0.2, 0.25) is 11.8 Å². The summed E-state index contributed by atoms with van der Waals surface area (Å²) in [6, 6.07) is 10.6. The minimum absolute atomic E-state index is 0.0344. The van der Waals surface area contributed by atoms with Crippen molar-refractivity contribution in [3.8, 4) is 11.6 Å². The lowest BCUT2D eigenvalue weighted by Crippen LogP contribution is -2.22. The standard InChI is InChI=1S/C18H17ClN6O/c1-11-9-13(3-4-15(11)19)23-17(20)25-18-22-12(2)10-16(24-18)26-14-5-7-21-8-6-14/h3-10H,1-2H3,(H3,20,22,23,24,25). The quantitative estimate of drug-likeness (QED) is 0.466. The van der Waals surface area contributed by atoms with Crippen LogP contribution >= 0.6 is 11.6 Å². The number of nitrogens with zero attached hydrogens (tertiary/aromatic N) is 3. The normalized spacial score (nSPS) is 10.3. The topological polar surface area (TPSA) is 95.8 Å². The van der Waals surface area contributed by atoms with Crippen molar-refractivity contribution in [1.29, 1.82) is 5.41 Å². The van der Waals surface area contributed by atoms with Gasteiger partial charge in [-0.3, -0.25) is 15.7 Å². The van der Waals surface area contributed by atoms with E-state index in [0.29, 0.717) is 22.3 Å². The van der Waals surface area contributed by atoms with Gasteiger partial charge in [0.25, 0.3) is 0 Å². The summed E-state index contributed by atoms with van der Waals surface area (Å²) in [6.45, 7) is 3.73. The number of rotatable bonds is 4. The van der Waals surface area contributed by atoms with E-state index in [1.54, 1.807) is 42.7 Å². The molecule has 2 aromatic heterocycles. The van der Waals surface area contributed by atoms with Gasteiger partial charge in [0.05, 0.1) is 0 Å². The average Bonchev–Trinajstić information content (AvgIpc) is 2.58. The molecule has 0 saturated carbocycles. The van der Waals surface area contributed by atoms with Crippen LogP contribution in [0.15, 0.2) is 48.8 Å². The lowest BCUT2D eigenvalue weighted by atomic mass is 10.2. The molecule has 0 bridgehead atoms. The molecule has 0 fully saturated rings. The van der Waals surface area contributed by atoms with E-state index in [1.807, 2.05) is 19.9 Å². The molecule has 0 aliphatic heterocycles. The maximum atomic E-state index is 8.07. The second-order valence-electron chi connectivity index (χ2n) is 5.55. The van der Waals surface area contributed by atoms with Crippen LogP contribution in [0.4, 0.5) is 11.6 Å². The molecule has 132 valence electrons. The Morgan fingerprint density at radius 2 is 1.81 bits per heavy atom. The van der Waals surface area contributed by atoms with E-state index < -0.39 is 0 Å². The zero-order valence-electron chi connectivity index (χ0n) is 14.2. The molecule has 0 saturated heterocycles. The monoisotopic (exact) mass is 368 g/mol. The molecule has 2 heterocycles. The Kier molecular flexibility index (Phi) is 5.28. The molecule has 26 heavy (non-hydrogen) atoms. The predicted molar refractivity (Wildman–Crippen MR) is 102 cm³/mol. The molecule has 3 rings (SSSR count). The summed E-state index contributed by atoms with van der Waals surface area (Å²) in [7, 11) is 0. The molecule has 1 aromatic carbocycles. The molecule has 3 N–H and O–H groups in total. The highest BCUT2D eigenvalue weighted by Crippen LogP contribution is 2.21. The number of hydrogen-bond acceptors (Lipinski definition) is 5. The smallest absolute Gasteiger partial charge is 0.233 e. The van der Waals surface area contributed by atoms with Crippen LogP contribution in [0.3, 0.4) is 0 Å². The molecular weight excluding hydrogens is 352 g/mol. The van der Waals surface area contributed by atoms with Crippen LogP contribution in [-0.4, -0.2) is 20.9 Å². The minimum atomic E-state index is 0.0344. The van der Waals surface area contributed by atoms with E-state index >= 15 is 0 Å². The molecule has 0 aliphatic carbocycles. The van der Waals surface area contributed by atoms with Gasteiger partial charge in [-0.05, 0) is 49.7 Å². The van der Waals surface area contributed by atoms with E-state index in [2.05, 4.69) is 25.6 Å². The number of guanidine groups is 1. The van der Waals surface area contributed by atoms with Gasteiger partial charge in [-0.15, -0.1) is 0 Å². The largest absolute Gasteiger partial charge is 0.439 e. The lowest BCUT2D eigenvalue weighted by molar-refractivity contribution is 0.461. The van der Waals surface area contributed by atoms with Gasteiger partial charge in [0.1, 0.15) is 5.75 Å². The fraction of sp³-hybridized carbons (Fsp3) is 0.111. The highest BCUT2D eigenvalue weighted by molar-refractivity contribution is 6.31. The Morgan fingerprint density at radius 3 is 2.54 bits per heavy atom. The van der Waals surface area contributed by atoms with Crippen molar-refractivity contribution in [3.63, 3.8) is 0 Å². The van der Waals surface area contributed by atoms with Crippen LogP contribution in [0.5, 0.6) is 11.6 Å². The lowest BCUT2D eigenvalue weighted by Gasteiger charge is -2.12. The Balaban J connectivity index is 1.70. The van der Waals surface area contributed by atoms with Crippen molar-refractivity contribution in [2.24, 2.45) is 0 Å². The number of halogens is 1. The zero-order valence-corrected chi connectivity index (χ0v) is 15.0. The number of aryl methyl sites for hydroxylation is 2. The molecule has 7 nitrogen and oxygen atoms in total. The Hall–Kier alpha value is -3.19. The number of pyridine rings is 1. The van der Waals surface area contributed by atoms with E-state index in [0.717, 1.165) is 11.3 Å². The first-order valence-corrected chi connectivity index (χ1v) is 8.20. The molecule has 0 aliphatic rings. The Morgan fingerprint density at radius 1 is 1.04 bits per heavy atom. The van der Waals surface area contributed by atoms with Crippen molar-refractivity contribution < 1.29 is 4.74 Å². The van der Waals surface area contributed by atoms with E-state index in [1.165, 1.54) is 0 Å². The summed E-state index contributed by atoms with van der Waals surface area (Å²) in [5.41, 5.74) is 2.37. The Bertz CT molecular complexity index is 932. The first kappa shape index (κ1) is 17.6. The van der Waals surface area contributed by atoms with Crippen LogP contribution in [0.2, 0.25) is 5.02 Å². The highest BCUT2D eigenvalue weighted by Gasteiger charge is 2.07. The number of ether oxygens (including phenoxy) is 1. The van der Waals surface area contributed by atoms with E-state index in [9.17, 15) is 0 Å². The van der Waals surface area contributed by atoms with Crippen molar-refractivity contribution >= 4 is 29.2 Å². The number of aromatic nitrogens is 3.